The monoisotopic (exact) mass is 782 g/mol. The summed E-state index contributed by atoms with van der Waals surface area (Å²) in [6.07, 6.45) is 0. The van der Waals surface area contributed by atoms with E-state index in [1.54, 1.807) is 38.1 Å². The molecule has 8 nitrogen and oxygen atoms in total. The lowest BCUT2D eigenvalue weighted by Gasteiger charge is -2.32. The van der Waals surface area contributed by atoms with Crippen molar-refractivity contribution >= 4 is 43.0 Å². The van der Waals surface area contributed by atoms with Gasteiger partial charge in [0.1, 0.15) is 4.90 Å². The molecule has 0 saturated carbocycles. The third-order valence-corrected chi connectivity index (χ3v) is 12.0. The van der Waals surface area contributed by atoms with Crippen molar-refractivity contribution in [3.63, 3.8) is 0 Å². The van der Waals surface area contributed by atoms with Crippen LogP contribution in [0.5, 0.6) is 0 Å². The minimum Gasteiger partial charge on any atom is -0.341 e. The lowest BCUT2D eigenvalue weighted by Crippen LogP contribution is -2.25. The zero-order chi connectivity index (χ0) is 40.6. The van der Waals surface area contributed by atoms with E-state index in [1.807, 2.05) is 43.3 Å². The molecule has 1 unspecified atom stereocenters. The lowest BCUT2D eigenvalue weighted by molar-refractivity contribution is 0.479. The number of aryl methyl sites for hydroxylation is 5. The molecule has 0 bridgehead atoms. The minimum atomic E-state index is -4.57. The molecule has 10 heteroatoms. The van der Waals surface area contributed by atoms with E-state index in [-0.39, 0.29) is 15.7 Å². The maximum Gasteiger partial charge on any atom is 0.295 e. The number of anilines is 4. The van der Waals surface area contributed by atoms with Crippen LogP contribution in [0.4, 0.5) is 22.7 Å². The molecule has 0 fully saturated rings. The molecule has 0 saturated heterocycles. The Morgan fingerprint density at radius 1 is 0.545 bits per heavy atom. The second-order valence-corrected chi connectivity index (χ2v) is 18.4. The molecule has 0 aliphatic carbocycles. The van der Waals surface area contributed by atoms with Crippen LogP contribution in [0.1, 0.15) is 83.7 Å². The summed E-state index contributed by atoms with van der Waals surface area (Å²) in [4.78, 5) is 4.16. The maximum atomic E-state index is 12.8. The maximum absolute atomic E-state index is 12.8. The smallest absolute Gasteiger partial charge is 0.295 e. The van der Waals surface area contributed by atoms with Gasteiger partial charge in [0.05, 0.1) is 4.90 Å². The van der Waals surface area contributed by atoms with E-state index in [1.165, 1.54) is 28.4 Å². The highest BCUT2D eigenvalue weighted by Crippen LogP contribution is 2.41. The van der Waals surface area contributed by atoms with E-state index in [9.17, 15) is 25.9 Å². The van der Waals surface area contributed by atoms with Gasteiger partial charge in [0.2, 0.25) is 0 Å². The third kappa shape index (κ3) is 9.15. The Labute approximate surface area is 328 Å². The first-order valence-electron chi connectivity index (χ1n) is 18.7. The van der Waals surface area contributed by atoms with Crippen LogP contribution in [0.3, 0.4) is 0 Å². The molecule has 0 amide bonds. The van der Waals surface area contributed by atoms with Gasteiger partial charge in [-0.1, -0.05) is 93.9 Å². The summed E-state index contributed by atoms with van der Waals surface area (Å²) in [7, 11) is -9.04. The van der Waals surface area contributed by atoms with Gasteiger partial charge in [0.15, 0.2) is 0 Å². The summed E-state index contributed by atoms with van der Waals surface area (Å²) in [6, 6.07) is 28.7. The van der Waals surface area contributed by atoms with E-state index in [2.05, 4.69) is 82.5 Å². The van der Waals surface area contributed by atoms with E-state index < -0.39 is 26.2 Å². The van der Waals surface area contributed by atoms with Crippen LogP contribution in [0.2, 0.25) is 0 Å². The Morgan fingerprint density at radius 3 is 1.42 bits per heavy atom. The molecule has 5 rings (SSSR count). The molecule has 0 aliphatic heterocycles. The first-order chi connectivity index (χ1) is 25.7. The Balaban J connectivity index is 1.67. The van der Waals surface area contributed by atoms with Gasteiger partial charge >= 0.3 is 0 Å². The summed E-state index contributed by atoms with van der Waals surface area (Å²) in [5.41, 5.74) is 11.2. The van der Waals surface area contributed by atoms with Gasteiger partial charge in [-0.05, 0) is 128 Å². The van der Waals surface area contributed by atoms with Crippen LogP contribution < -0.4 is 9.80 Å². The van der Waals surface area contributed by atoms with Crippen LogP contribution in [0.15, 0.2) is 101 Å². The van der Waals surface area contributed by atoms with Gasteiger partial charge < -0.3 is 9.80 Å². The molecule has 5 aromatic rings. The van der Waals surface area contributed by atoms with Crippen molar-refractivity contribution in [2.24, 2.45) is 11.8 Å². The predicted octanol–water partition coefficient (Wildman–Crippen LogP) is 10.8. The molecule has 55 heavy (non-hydrogen) atoms. The topological polar surface area (TPSA) is 115 Å². The number of hydrogen-bond donors (Lipinski definition) is 2. The quantitative estimate of drug-likeness (QED) is 0.0896. The standard InChI is InChI=1S/C45H54N2O6S2/c1-28(2)26-46(43-31(6)23-30(5)24-32(43)7)38-19-15-36(16-20-38)42(40-13-11-12-14-41(40)54(48,49)50)37-17-21-39(22-18-37)47(27-29(3)4)44-33(8)25-34(9)45(35(44)10)55(51,52)53/h11-25,28-29,42H,26-27H2,1-10H3,(H,48,49,50)(H,51,52,53). The molecule has 5 aromatic carbocycles. The second-order valence-electron chi connectivity index (χ2n) is 15.7. The number of benzene rings is 5. The van der Waals surface area contributed by atoms with Gasteiger partial charge in [-0.25, -0.2) is 0 Å². The van der Waals surface area contributed by atoms with Gasteiger partial charge in [0.25, 0.3) is 20.2 Å². The second kappa shape index (κ2) is 16.3. The Hall–Kier alpha value is -4.48. The fraction of sp³-hybridized carbons (Fsp3) is 0.333. The molecule has 1 atom stereocenters. The van der Waals surface area contributed by atoms with Crippen molar-refractivity contribution in [2.75, 3.05) is 22.9 Å². The van der Waals surface area contributed by atoms with E-state index in [0.29, 0.717) is 34.8 Å². The summed E-state index contributed by atoms with van der Waals surface area (Å²) in [6.45, 7) is 21.6. The zero-order valence-corrected chi connectivity index (χ0v) is 35.2. The molecule has 0 radical (unpaired) electrons. The van der Waals surface area contributed by atoms with E-state index in [4.69, 9.17) is 0 Å². The summed E-state index contributed by atoms with van der Waals surface area (Å²) >= 11 is 0. The van der Waals surface area contributed by atoms with Crippen molar-refractivity contribution in [3.05, 3.63) is 141 Å². The SMILES string of the molecule is Cc1cc(C)c(N(CC(C)C)c2ccc(C(c3ccc(N(CC(C)C)c4c(C)cc(C)c(S(=O)(=O)O)c4C)cc3)c3ccccc3S(=O)(=O)O)cc2)c(C)c1. The van der Waals surface area contributed by atoms with Crippen LogP contribution in [0, 0.1) is 53.4 Å². The van der Waals surface area contributed by atoms with Crippen molar-refractivity contribution in [2.45, 2.75) is 84.9 Å². The normalized spacial score (nSPS) is 12.7. The van der Waals surface area contributed by atoms with Gasteiger partial charge in [-0.2, -0.15) is 16.8 Å². The molecular formula is C45H54N2O6S2. The number of nitrogens with zero attached hydrogens (tertiary/aromatic N) is 2. The first-order valence-corrected chi connectivity index (χ1v) is 21.5. The van der Waals surface area contributed by atoms with Crippen molar-refractivity contribution in [1.29, 1.82) is 0 Å². The third-order valence-electron chi connectivity index (χ3n) is 9.97. The highest BCUT2D eigenvalue weighted by Gasteiger charge is 2.28. The predicted molar refractivity (Wildman–Crippen MR) is 225 cm³/mol. The summed E-state index contributed by atoms with van der Waals surface area (Å²) in [5.74, 6) is 0.0230. The summed E-state index contributed by atoms with van der Waals surface area (Å²) < 4.78 is 71.1. The Bertz CT molecular complexity index is 2380. The van der Waals surface area contributed by atoms with Gasteiger partial charge in [-0.3, -0.25) is 9.11 Å². The number of hydrogen-bond acceptors (Lipinski definition) is 6. The largest absolute Gasteiger partial charge is 0.341 e. The molecule has 0 aliphatic rings. The average molecular weight is 783 g/mol. The van der Waals surface area contributed by atoms with Crippen LogP contribution in [-0.2, 0) is 20.2 Å². The zero-order valence-electron chi connectivity index (χ0n) is 33.5. The molecule has 0 spiro atoms. The highest BCUT2D eigenvalue weighted by atomic mass is 32.2. The van der Waals surface area contributed by atoms with Crippen LogP contribution in [0.25, 0.3) is 0 Å². The molecule has 0 heterocycles. The highest BCUT2D eigenvalue weighted by molar-refractivity contribution is 7.86. The van der Waals surface area contributed by atoms with Gasteiger partial charge in [-0.15, -0.1) is 0 Å². The molecule has 0 aromatic heterocycles. The van der Waals surface area contributed by atoms with E-state index >= 15 is 0 Å². The molecule has 2 N–H and O–H groups in total. The Morgan fingerprint density at radius 2 is 0.982 bits per heavy atom. The Kier molecular flexibility index (Phi) is 12.4. The van der Waals surface area contributed by atoms with Crippen LogP contribution in [-0.4, -0.2) is 39.0 Å². The molecule has 292 valence electrons. The van der Waals surface area contributed by atoms with Gasteiger partial charge in [0, 0.05) is 41.8 Å². The lowest BCUT2D eigenvalue weighted by atomic mass is 9.84. The minimum absolute atomic E-state index is 0.0940. The van der Waals surface area contributed by atoms with E-state index in [0.717, 1.165) is 34.6 Å². The van der Waals surface area contributed by atoms with Crippen molar-refractivity contribution in [3.8, 4) is 0 Å². The first kappa shape index (κ1) is 41.7. The average Bonchev–Trinajstić information content (AvgIpc) is 3.06. The molecular weight excluding hydrogens is 729 g/mol. The van der Waals surface area contributed by atoms with Crippen molar-refractivity contribution in [1.82, 2.24) is 0 Å². The number of rotatable bonds is 13. The summed E-state index contributed by atoms with van der Waals surface area (Å²) in [5, 5.41) is 0. The fourth-order valence-electron chi connectivity index (χ4n) is 8.15. The fourth-order valence-corrected chi connectivity index (χ4v) is 9.83. The van der Waals surface area contributed by atoms with Crippen LogP contribution >= 0.6 is 0 Å². The van der Waals surface area contributed by atoms with Crippen molar-refractivity contribution < 1.29 is 25.9 Å².